The Balaban J connectivity index is 2.43. The molecule has 0 unspecified atom stereocenters. The summed E-state index contributed by atoms with van der Waals surface area (Å²) in [6.07, 6.45) is 4.90. The summed E-state index contributed by atoms with van der Waals surface area (Å²) >= 11 is 0. The molecule has 1 aromatic rings. The minimum atomic E-state index is -0.594. The summed E-state index contributed by atoms with van der Waals surface area (Å²) in [4.78, 5) is 17.2. The van der Waals surface area contributed by atoms with Crippen molar-refractivity contribution in [1.29, 1.82) is 0 Å². The molecule has 1 aromatic heterocycles. The second-order valence-electron chi connectivity index (χ2n) is 5.94. The molecule has 0 aliphatic heterocycles. The summed E-state index contributed by atoms with van der Waals surface area (Å²) in [5.41, 5.74) is -0.594. The van der Waals surface area contributed by atoms with Gasteiger partial charge >= 0.3 is 5.97 Å². The van der Waals surface area contributed by atoms with Gasteiger partial charge in [0.25, 0.3) is 0 Å². The maximum atomic E-state index is 12.5. The maximum absolute atomic E-state index is 12.5. The summed E-state index contributed by atoms with van der Waals surface area (Å²) in [5.74, 6) is 1.71. The molecule has 1 heterocycles. The van der Waals surface area contributed by atoms with E-state index in [1.807, 2.05) is 14.0 Å². The Morgan fingerprint density at radius 3 is 2.50 bits per heavy atom. The highest BCUT2D eigenvalue weighted by Gasteiger charge is 2.46. The van der Waals surface area contributed by atoms with Gasteiger partial charge in [0, 0.05) is 13.0 Å². The van der Waals surface area contributed by atoms with Crippen molar-refractivity contribution >= 4 is 5.97 Å². The van der Waals surface area contributed by atoms with E-state index in [9.17, 15) is 4.79 Å². The molecule has 0 amide bonds. The molecular formula is C15H25N3O2. The lowest BCUT2D eigenvalue weighted by atomic mass is 9.73. The van der Waals surface area contributed by atoms with Crippen LogP contribution >= 0.6 is 0 Å². The first-order valence-corrected chi connectivity index (χ1v) is 7.60. The molecule has 1 fully saturated rings. The molecule has 1 saturated carbocycles. The van der Waals surface area contributed by atoms with E-state index in [2.05, 4.69) is 23.9 Å². The second kappa shape index (κ2) is 5.94. The zero-order valence-corrected chi connectivity index (χ0v) is 13.0. The standard InChI is InChI=1S/C15H25N3O2/c1-5-20-14(19)15(9-7-6-8-10-15)13-16-12(11(2)3)17-18(13)4/h11H,5-10H2,1-4H3. The fourth-order valence-corrected chi connectivity index (χ4v) is 3.01. The van der Waals surface area contributed by atoms with E-state index in [4.69, 9.17) is 4.74 Å². The third kappa shape index (κ3) is 2.58. The Morgan fingerprint density at radius 2 is 2.00 bits per heavy atom. The van der Waals surface area contributed by atoms with Gasteiger partial charge in [0.2, 0.25) is 0 Å². The van der Waals surface area contributed by atoms with Crippen molar-refractivity contribution in [3.05, 3.63) is 11.6 Å². The molecule has 2 rings (SSSR count). The number of aryl methyl sites for hydroxylation is 1. The van der Waals surface area contributed by atoms with Gasteiger partial charge in [-0.1, -0.05) is 33.1 Å². The fourth-order valence-electron chi connectivity index (χ4n) is 3.01. The van der Waals surface area contributed by atoms with Gasteiger partial charge in [0.1, 0.15) is 11.2 Å². The molecule has 112 valence electrons. The number of rotatable bonds is 4. The normalized spacial score (nSPS) is 18.2. The van der Waals surface area contributed by atoms with Crippen LogP contribution in [0.4, 0.5) is 0 Å². The van der Waals surface area contributed by atoms with E-state index in [0.717, 1.165) is 37.3 Å². The Bertz CT molecular complexity index is 473. The molecule has 0 atom stereocenters. The van der Waals surface area contributed by atoms with Crippen molar-refractivity contribution in [3.63, 3.8) is 0 Å². The van der Waals surface area contributed by atoms with Crippen LogP contribution in [-0.4, -0.2) is 27.3 Å². The maximum Gasteiger partial charge on any atom is 0.319 e. The van der Waals surface area contributed by atoms with E-state index in [1.54, 1.807) is 4.68 Å². The lowest BCUT2D eigenvalue weighted by molar-refractivity contribution is -0.152. The molecule has 20 heavy (non-hydrogen) atoms. The first kappa shape index (κ1) is 15.0. The molecule has 0 aromatic carbocycles. The van der Waals surface area contributed by atoms with Crippen molar-refractivity contribution in [3.8, 4) is 0 Å². The highest BCUT2D eigenvalue weighted by Crippen LogP contribution is 2.40. The van der Waals surface area contributed by atoms with Gasteiger partial charge in [-0.25, -0.2) is 4.98 Å². The highest BCUT2D eigenvalue weighted by atomic mass is 16.5. The number of aromatic nitrogens is 3. The number of esters is 1. The molecule has 0 radical (unpaired) electrons. The van der Waals surface area contributed by atoms with Crippen molar-refractivity contribution in [2.24, 2.45) is 7.05 Å². The van der Waals surface area contributed by atoms with Gasteiger partial charge in [-0.2, -0.15) is 5.10 Å². The van der Waals surface area contributed by atoms with E-state index in [-0.39, 0.29) is 11.9 Å². The molecule has 0 spiro atoms. The SMILES string of the molecule is CCOC(=O)C1(c2nc(C(C)C)nn2C)CCCCC1. The van der Waals surface area contributed by atoms with Gasteiger partial charge < -0.3 is 4.74 Å². The smallest absolute Gasteiger partial charge is 0.319 e. The van der Waals surface area contributed by atoms with Crippen molar-refractivity contribution in [2.45, 2.75) is 64.2 Å². The predicted octanol–water partition coefficient (Wildman–Crippen LogP) is 2.70. The monoisotopic (exact) mass is 279 g/mol. The largest absolute Gasteiger partial charge is 0.465 e. The quantitative estimate of drug-likeness (QED) is 0.795. The summed E-state index contributed by atoms with van der Waals surface area (Å²) in [6.45, 7) is 6.40. The van der Waals surface area contributed by atoms with Crippen molar-refractivity contribution in [1.82, 2.24) is 14.8 Å². The first-order valence-electron chi connectivity index (χ1n) is 7.60. The van der Waals surface area contributed by atoms with Crippen LogP contribution in [0.5, 0.6) is 0 Å². The zero-order valence-electron chi connectivity index (χ0n) is 13.0. The number of nitrogens with zero attached hydrogens (tertiary/aromatic N) is 3. The summed E-state index contributed by atoms with van der Waals surface area (Å²) in [6, 6.07) is 0. The topological polar surface area (TPSA) is 57.0 Å². The minimum Gasteiger partial charge on any atom is -0.465 e. The lowest BCUT2D eigenvalue weighted by Crippen LogP contribution is -2.41. The zero-order chi connectivity index (χ0) is 14.8. The van der Waals surface area contributed by atoms with Crippen LogP contribution in [0.15, 0.2) is 0 Å². The molecule has 5 heteroatoms. The molecular weight excluding hydrogens is 254 g/mol. The number of ether oxygens (including phenoxy) is 1. The van der Waals surface area contributed by atoms with Gasteiger partial charge in [0.15, 0.2) is 5.82 Å². The van der Waals surface area contributed by atoms with Gasteiger partial charge in [0.05, 0.1) is 6.61 Å². The van der Waals surface area contributed by atoms with Crippen LogP contribution in [-0.2, 0) is 22.0 Å². The van der Waals surface area contributed by atoms with Crippen molar-refractivity contribution in [2.75, 3.05) is 6.61 Å². The Labute approximate surface area is 120 Å². The number of hydrogen-bond acceptors (Lipinski definition) is 4. The molecule has 0 saturated heterocycles. The minimum absolute atomic E-state index is 0.134. The Kier molecular flexibility index (Phi) is 4.45. The first-order chi connectivity index (χ1) is 9.51. The third-order valence-corrected chi connectivity index (χ3v) is 4.10. The number of hydrogen-bond donors (Lipinski definition) is 0. The van der Waals surface area contributed by atoms with Gasteiger partial charge in [-0.3, -0.25) is 9.48 Å². The number of carbonyl (C=O) groups excluding carboxylic acids is 1. The molecule has 5 nitrogen and oxygen atoms in total. The summed E-state index contributed by atoms with van der Waals surface area (Å²) in [7, 11) is 1.88. The van der Waals surface area contributed by atoms with E-state index in [1.165, 1.54) is 6.42 Å². The van der Waals surface area contributed by atoms with E-state index >= 15 is 0 Å². The van der Waals surface area contributed by atoms with E-state index in [0.29, 0.717) is 6.61 Å². The average molecular weight is 279 g/mol. The van der Waals surface area contributed by atoms with Gasteiger partial charge in [-0.05, 0) is 19.8 Å². The predicted molar refractivity (Wildman–Crippen MR) is 76.5 cm³/mol. The van der Waals surface area contributed by atoms with Crippen LogP contribution in [0.1, 0.15) is 70.4 Å². The highest BCUT2D eigenvalue weighted by molar-refractivity contribution is 5.82. The average Bonchev–Trinajstić information content (AvgIpc) is 2.82. The third-order valence-electron chi connectivity index (χ3n) is 4.10. The molecule has 0 bridgehead atoms. The second-order valence-corrected chi connectivity index (χ2v) is 5.94. The van der Waals surface area contributed by atoms with Crippen molar-refractivity contribution < 1.29 is 9.53 Å². The van der Waals surface area contributed by atoms with Crippen LogP contribution in [0.25, 0.3) is 0 Å². The van der Waals surface area contributed by atoms with Crippen LogP contribution < -0.4 is 0 Å². The van der Waals surface area contributed by atoms with Gasteiger partial charge in [-0.15, -0.1) is 0 Å². The number of carbonyl (C=O) groups is 1. The van der Waals surface area contributed by atoms with Crippen LogP contribution in [0, 0.1) is 0 Å². The summed E-state index contributed by atoms with van der Waals surface area (Å²) in [5, 5.41) is 4.47. The molecule has 1 aliphatic carbocycles. The summed E-state index contributed by atoms with van der Waals surface area (Å²) < 4.78 is 7.12. The lowest BCUT2D eigenvalue weighted by Gasteiger charge is -2.33. The Hall–Kier alpha value is -1.39. The molecule has 0 N–H and O–H groups in total. The fraction of sp³-hybridized carbons (Fsp3) is 0.800. The van der Waals surface area contributed by atoms with Crippen LogP contribution in [0.2, 0.25) is 0 Å². The molecule has 1 aliphatic rings. The van der Waals surface area contributed by atoms with E-state index < -0.39 is 5.41 Å². The Morgan fingerprint density at radius 1 is 1.35 bits per heavy atom. The van der Waals surface area contributed by atoms with Crippen LogP contribution in [0.3, 0.4) is 0 Å².